The predicted octanol–water partition coefficient (Wildman–Crippen LogP) is 1.82. The van der Waals surface area contributed by atoms with Gasteiger partial charge in [-0.25, -0.2) is 4.39 Å². The van der Waals surface area contributed by atoms with Crippen LogP contribution in [0, 0.1) is 5.82 Å². The Kier molecular flexibility index (Phi) is 4.34. The number of likely N-dealkylation sites (tertiary alicyclic amines) is 2. The number of benzene rings is 1. The van der Waals surface area contributed by atoms with Gasteiger partial charge in [0.05, 0.1) is 0 Å². The van der Waals surface area contributed by atoms with Gasteiger partial charge in [0.1, 0.15) is 5.82 Å². The van der Waals surface area contributed by atoms with Crippen LogP contribution in [0.3, 0.4) is 0 Å². The molecule has 1 aromatic rings. The number of hydrogen-bond acceptors (Lipinski definition) is 3. The lowest BCUT2D eigenvalue weighted by molar-refractivity contribution is 0.151. The van der Waals surface area contributed by atoms with Gasteiger partial charge in [0, 0.05) is 31.7 Å². The first kappa shape index (κ1) is 14.0. The summed E-state index contributed by atoms with van der Waals surface area (Å²) in [6.07, 6.45) is 3.51. The summed E-state index contributed by atoms with van der Waals surface area (Å²) in [4.78, 5) is 5.08. The average molecular weight is 277 g/mol. The van der Waals surface area contributed by atoms with E-state index in [9.17, 15) is 4.39 Å². The molecule has 2 aliphatic rings. The molecular formula is C16H24FN3. The van der Waals surface area contributed by atoms with Crippen molar-refractivity contribution in [3.63, 3.8) is 0 Å². The number of nitrogens with zero attached hydrogens (tertiary/aromatic N) is 2. The molecule has 4 heteroatoms. The normalized spacial score (nSPS) is 26.2. The molecule has 0 spiro atoms. The Labute approximate surface area is 120 Å². The van der Waals surface area contributed by atoms with Crippen LogP contribution in [0.2, 0.25) is 0 Å². The molecule has 2 saturated heterocycles. The van der Waals surface area contributed by atoms with Crippen LogP contribution in [-0.4, -0.2) is 48.1 Å². The van der Waals surface area contributed by atoms with E-state index in [1.54, 1.807) is 12.1 Å². The lowest BCUT2D eigenvalue weighted by Gasteiger charge is -2.34. The predicted molar refractivity (Wildman–Crippen MR) is 78.9 cm³/mol. The quantitative estimate of drug-likeness (QED) is 0.915. The summed E-state index contributed by atoms with van der Waals surface area (Å²) >= 11 is 0. The monoisotopic (exact) mass is 277 g/mol. The Bertz CT molecular complexity index is 426. The standard InChI is InChI=1S/C16H24FN3/c17-14-3-1-13(2-4-14)11-19-8-7-16(12-19)20-9-5-15(18)6-10-20/h1-4,15-16H,5-12,18H2. The first-order chi connectivity index (χ1) is 9.70. The minimum Gasteiger partial charge on any atom is -0.328 e. The molecule has 0 bridgehead atoms. The molecule has 1 atom stereocenters. The van der Waals surface area contributed by atoms with Gasteiger partial charge >= 0.3 is 0 Å². The smallest absolute Gasteiger partial charge is 0.123 e. The zero-order valence-electron chi connectivity index (χ0n) is 12.0. The molecule has 20 heavy (non-hydrogen) atoms. The molecule has 0 saturated carbocycles. The van der Waals surface area contributed by atoms with Crippen LogP contribution in [-0.2, 0) is 6.54 Å². The van der Waals surface area contributed by atoms with Crippen molar-refractivity contribution >= 4 is 0 Å². The first-order valence-electron chi connectivity index (χ1n) is 7.67. The summed E-state index contributed by atoms with van der Waals surface area (Å²) in [6, 6.07) is 7.97. The number of halogens is 1. The van der Waals surface area contributed by atoms with Gasteiger partial charge in [0.2, 0.25) is 0 Å². The summed E-state index contributed by atoms with van der Waals surface area (Å²) in [7, 11) is 0. The maximum atomic E-state index is 12.9. The van der Waals surface area contributed by atoms with E-state index in [1.807, 2.05) is 12.1 Å². The first-order valence-corrected chi connectivity index (χ1v) is 7.67. The Morgan fingerprint density at radius 3 is 2.45 bits per heavy atom. The van der Waals surface area contributed by atoms with Gasteiger partial charge < -0.3 is 5.73 Å². The highest BCUT2D eigenvalue weighted by Crippen LogP contribution is 2.21. The zero-order valence-corrected chi connectivity index (χ0v) is 12.0. The van der Waals surface area contributed by atoms with E-state index in [1.165, 1.54) is 12.0 Å². The minimum atomic E-state index is -0.155. The molecule has 2 N–H and O–H groups in total. The third-order valence-corrected chi connectivity index (χ3v) is 4.66. The van der Waals surface area contributed by atoms with Crippen LogP contribution in [0.1, 0.15) is 24.8 Å². The van der Waals surface area contributed by atoms with Gasteiger partial charge in [-0.3, -0.25) is 9.80 Å². The Morgan fingerprint density at radius 2 is 1.75 bits per heavy atom. The molecule has 0 radical (unpaired) electrons. The molecule has 0 aromatic heterocycles. The van der Waals surface area contributed by atoms with Gasteiger partial charge in [0.15, 0.2) is 0 Å². The molecule has 110 valence electrons. The second kappa shape index (κ2) is 6.20. The van der Waals surface area contributed by atoms with Crippen LogP contribution in [0.15, 0.2) is 24.3 Å². The number of rotatable bonds is 3. The number of piperidine rings is 1. The van der Waals surface area contributed by atoms with E-state index in [2.05, 4.69) is 9.80 Å². The number of nitrogens with two attached hydrogens (primary N) is 1. The summed E-state index contributed by atoms with van der Waals surface area (Å²) in [5, 5.41) is 0. The van der Waals surface area contributed by atoms with Crippen LogP contribution in [0.4, 0.5) is 4.39 Å². The zero-order chi connectivity index (χ0) is 13.9. The van der Waals surface area contributed by atoms with Crippen LogP contribution in [0.5, 0.6) is 0 Å². The van der Waals surface area contributed by atoms with E-state index in [-0.39, 0.29) is 5.82 Å². The van der Waals surface area contributed by atoms with Gasteiger partial charge in [-0.1, -0.05) is 12.1 Å². The summed E-state index contributed by atoms with van der Waals surface area (Å²) in [6.45, 7) is 5.51. The van der Waals surface area contributed by atoms with Gasteiger partial charge in [-0.2, -0.15) is 0 Å². The second-order valence-corrected chi connectivity index (χ2v) is 6.18. The molecule has 0 aliphatic carbocycles. The van der Waals surface area contributed by atoms with Crippen molar-refractivity contribution in [1.29, 1.82) is 0 Å². The lowest BCUT2D eigenvalue weighted by Crippen LogP contribution is -2.46. The molecule has 3 nitrogen and oxygen atoms in total. The van der Waals surface area contributed by atoms with E-state index in [0.29, 0.717) is 12.1 Å². The van der Waals surface area contributed by atoms with Gasteiger partial charge in [-0.05, 0) is 50.0 Å². The van der Waals surface area contributed by atoms with E-state index >= 15 is 0 Å². The van der Waals surface area contributed by atoms with E-state index in [0.717, 1.165) is 45.6 Å². The summed E-state index contributed by atoms with van der Waals surface area (Å²) in [5.41, 5.74) is 7.17. The average Bonchev–Trinajstić information content (AvgIpc) is 2.91. The second-order valence-electron chi connectivity index (χ2n) is 6.18. The minimum absolute atomic E-state index is 0.155. The Morgan fingerprint density at radius 1 is 1.05 bits per heavy atom. The van der Waals surface area contributed by atoms with Crippen LogP contribution in [0.25, 0.3) is 0 Å². The molecule has 2 fully saturated rings. The van der Waals surface area contributed by atoms with Crippen LogP contribution < -0.4 is 5.73 Å². The van der Waals surface area contributed by atoms with Gasteiger partial charge in [0.25, 0.3) is 0 Å². The highest BCUT2D eigenvalue weighted by Gasteiger charge is 2.29. The van der Waals surface area contributed by atoms with E-state index in [4.69, 9.17) is 5.73 Å². The number of hydrogen-bond donors (Lipinski definition) is 1. The van der Waals surface area contributed by atoms with Crippen molar-refractivity contribution < 1.29 is 4.39 Å². The fourth-order valence-electron chi connectivity index (χ4n) is 3.39. The molecular weight excluding hydrogens is 253 g/mol. The van der Waals surface area contributed by atoms with Crippen molar-refractivity contribution in [3.8, 4) is 0 Å². The molecule has 2 aliphatic heterocycles. The third-order valence-electron chi connectivity index (χ3n) is 4.66. The van der Waals surface area contributed by atoms with Crippen molar-refractivity contribution in [2.75, 3.05) is 26.2 Å². The maximum absolute atomic E-state index is 12.9. The van der Waals surface area contributed by atoms with Crippen molar-refractivity contribution in [3.05, 3.63) is 35.6 Å². The van der Waals surface area contributed by atoms with Crippen molar-refractivity contribution in [2.45, 2.75) is 37.9 Å². The maximum Gasteiger partial charge on any atom is 0.123 e. The molecule has 1 unspecified atom stereocenters. The SMILES string of the molecule is NC1CCN(C2CCN(Cc3ccc(F)cc3)C2)CC1. The van der Waals surface area contributed by atoms with Gasteiger partial charge in [-0.15, -0.1) is 0 Å². The lowest BCUT2D eigenvalue weighted by atomic mass is 10.0. The summed E-state index contributed by atoms with van der Waals surface area (Å²) < 4.78 is 12.9. The summed E-state index contributed by atoms with van der Waals surface area (Å²) in [5.74, 6) is -0.155. The fraction of sp³-hybridized carbons (Fsp3) is 0.625. The third kappa shape index (κ3) is 3.37. The Balaban J connectivity index is 1.50. The highest BCUT2D eigenvalue weighted by atomic mass is 19.1. The largest absolute Gasteiger partial charge is 0.328 e. The molecule has 0 amide bonds. The molecule has 3 rings (SSSR count). The fourth-order valence-corrected chi connectivity index (χ4v) is 3.39. The Hall–Kier alpha value is -0.970. The van der Waals surface area contributed by atoms with Crippen LogP contribution >= 0.6 is 0 Å². The highest BCUT2D eigenvalue weighted by molar-refractivity contribution is 5.16. The van der Waals surface area contributed by atoms with Crippen molar-refractivity contribution in [1.82, 2.24) is 9.80 Å². The van der Waals surface area contributed by atoms with Crippen molar-refractivity contribution in [2.24, 2.45) is 5.73 Å². The van der Waals surface area contributed by atoms with E-state index < -0.39 is 0 Å². The molecule has 1 aromatic carbocycles. The topological polar surface area (TPSA) is 32.5 Å². The molecule has 2 heterocycles.